The van der Waals surface area contributed by atoms with Gasteiger partial charge in [0, 0.05) is 36.5 Å². The van der Waals surface area contributed by atoms with Gasteiger partial charge in [-0.3, -0.25) is 0 Å². The van der Waals surface area contributed by atoms with Gasteiger partial charge in [0.05, 0.1) is 0 Å². The molecule has 0 fully saturated rings. The van der Waals surface area contributed by atoms with E-state index in [1.54, 1.807) is 19.5 Å². The molecule has 0 saturated heterocycles. The summed E-state index contributed by atoms with van der Waals surface area (Å²) in [4.78, 5) is 6.58. The van der Waals surface area contributed by atoms with Crippen molar-refractivity contribution in [2.75, 3.05) is 11.5 Å². The molecule has 0 bridgehead atoms. The fourth-order valence-corrected chi connectivity index (χ4v) is 7.49. The van der Waals surface area contributed by atoms with Gasteiger partial charge in [-0.2, -0.15) is 0 Å². The van der Waals surface area contributed by atoms with Crippen molar-refractivity contribution in [1.82, 2.24) is 0 Å². The number of hydrogen-bond donors (Lipinski definition) is 0. The Kier molecular flexibility index (Phi) is 5.24. The molecule has 1 aliphatic rings. The highest BCUT2D eigenvalue weighted by atomic mass is 32.2. The van der Waals surface area contributed by atoms with Gasteiger partial charge >= 0.3 is 0 Å². The Labute approximate surface area is 137 Å². The normalized spacial score (nSPS) is 16.3. The molecule has 1 aromatic heterocycles. The summed E-state index contributed by atoms with van der Waals surface area (Å²) in [5, 5.41) is 0. The number of thiophene rings is 1. The second-order valence-electron chi connectivity index (χ2n) is 6.62. The quantitative estimate of drug-likeness (QED) is 0.589. The fourth-order valence-electron chi connectivity index (χ4n) is 2.53. The average Bonchev–Trinajstić information content (AvgIpc) is 2.87. The van der Waals surface area contributed by atoms with Gasteiger partial charge in [-0.25, -0.2) is 0 Å². The molecule has 1 aromatic rings. The summed E-state index contributed by atoms with van der Waals surface area (Å²) >= 11 is 6.34. The lowest BCUT2D eigenvalue weighted by molar-refractivity contribution is 0.440. The Bertz CT molecular complexity index is 467. The van der Waals surface area contributed by atoms with Crippen LogP contribution in [0.15, 0.2) is 9.79 Å². The zero-order chi connectivity index (χ0) is 15.0. The van der Waals surface area contributed by atoms with Crippen LogP contribution >= 0.6 is 34.9 Å². The third kappa shape index (κ3) is 2.83. The lowest BCUT2D eigenvalue weighted by Gasteiger charge is -2.27. The minimum atomic E-state index is 0.320. The van der Waals surface area contributed by atoms with Crippen LogP contribution in [0.1, 0.15) is 70.6 Å². The van der Waals surface area contributed by atoms with E-state index >= 15 is 0 Å². The first-order valence-corrected chi connectivity index (χ1v) is 10.6. The monoisotopic (exact) mass is 328 g/mol. The van der Waals surface area contributed by atoms with Crippen LogP contribution in [0, 0.1) is 0 Å². The zero-order valence-electron chi connectivity index (χ0n) is 13.8. The Hall–Kier alpha value is 0.400. The zero-order valence-corrected chi connectivity index (χ0v) is 16.2. The van der Waals surface area contributed by atoms with Crippen LogP contribution in [0.3, 0.4) is 0 Å². The molecule has 0 unspecified atom stereocenters. The predicted molar refractivity (Wildman–Crippen MR) is 97.0 cm³/mol. The molecular formula is C17H28S3. The van der Waals surface area contributed by atoms with Crippen LogP contribution in [0.25, 0.3) is 0 Å². The first kappa shape index (κ1) is 16.8. The summed E-state index contributed by atoms with van der Waals surface area (Å²) in [6.07, 6.45) is 3.71. The highest BCUT2D eigenvalue weighted by Gasteiger charge is 2.36. The maximum Gasteiger partial charge on any atom is 0.0356 e. The number of fused-ring (bicyclic) bond motifs is 1. The third-order valence-electron chi connectivity index (χ3n) is 5.01. The summed E-state index contributed by atoms with van der Waals surface area (Å²) in [7, 11) is 0. The molecule has 20 heavy (non-hydrogen) atoms. The van der Waals surface area contributed by atoms with E-state index in [-0.39, 0.29) is 0 Å². The van der Waals surface area contributed by atoms with E-state index in [1.165, 1.54) is 30.8 Å². The smallest absolute Gasteiger partial charge is 0.0356 e. The van der Waals surface area contributed by atoms with Crippen molar-refractivity contribution in [2.45, 2.75) is 81.4 Å². The Morgan fingerprint density at radius 2 is 1.30 bits per heavy atom. The molecule has 0 N–H and O–H groups in total. The van der Waals surface area contributed by atoms with Gasteiger partial charge in [0.15, 0.2) is 0 Å². The third-order valence-corrected chi connectivity index (χ3v) is 9.72. The Morgan fingerprint density at radius 1 is 0.800 bits per heavy atom. The second kappa shape index (κ2) is 6.26. The van der Waals surface area contributed by atoms with Crippen molar-refractivity contribution in [1.29, 1.82) is 0 Å². The summed E-state index contributed by atoms with van der Waals surface area (Å²) in [5.41, 5.74) is 0.683. The number of hydrogen-bond acceptors (Lipinski definition) is 3. The Balaban J connectivity index is 2.60. The molecule has 2 rings (SSSR count). The van der Waals surface area contributed by atoms with E-state index in [1.807, 2.05) is 0 Å². The molecule has 0 aliphatic carbocycles. The van der Waals surface area contributed by atoms with Gasteiger partial charge in [0.2, 0.25) is 0 Å². The van der Waals surface area contributed by atoms with Gasteiger partial charge < -0.3 is 0 Å². The maximum atomic E-state index is 2.46. The molecule has 0 amide bonds. The molecule has 0 atom stereocenters. The van der Waals surface area contributed by atoms with Gasteiger partial charge in [0.25, 0.3) is 0 Å². The summed E-state index contributed by atoms with van der Waals surface area (Å²) in [5.74, 6) is 2.55. The molecule has 0 nitrogen and oxygen atoms in total. The SMILES string of the molecule is CCC(C)(C)c1sc(C(C)(CC)CC)c2c1SCCS2. The highest BCUT2D eigenvalue weighted by Crippen LogP contribution is 2.54. The van der Waals surface area contributed by atoms with E-state index in [4.69, 9.17) is 0 Å². The topological polar surface area (TPSA) is 0 Å². The molecule has 0 aromatic carbocycles. The lowest BCUT2D eigenvalue weighted by atomic mass is 9.83. The lowest BCUT2D eigenvalue weighted by Crippen LogP contribution is -2.19. The minimum absolute atomic E-state index is 0.320. The van der Waals surface area contributed by atoms with E-state index < -0.39 is 0 Å². The summed E-state index contributed by atoms with van der Waals surface area (Å²) in [6.45, 7) is 14.3. The molecule has 0 spiro atoms. The predicted octanol–water partition coefficient (Wildman–Crippen LogP) is 6.71. The average molecular weight is 329 g/mol. The minimum Gasteiger partial charge on any atom is -0.142 e. The fraction of sp³-hybridized carbons (Fsp3) is 0.765. The summed E-state index contributed by atoms with van der Waals surface area (Å²) < 4.78 is 0. The van der Waals surface area contributed by atoms with Crippen LogP contribution in [0.4, 0.5) is 0 Å². The van der Waals surface area contributed by atoms with Gasteiger partial charge in [-0.05, 0) is 24.7 Å². The number of rotatable bonds is 5. The molecule has 114 valence electrons. The molecule has 3 heteroatoms. The maximum absolute atomic E-state index is 2.46. The van der Waals surface area contributed by atoms with Crippen molar-refractivity contribution in [3.05, 3.63) is 9.75 Å². The van der Waals surface area contributed by atoms with Crippen molar-refractivity contribution in [3.8, 4) is 0 Å². The molecule has 0 saturated carbocycles. The molecular weight excluding hydrogens is 300 g/mol. The molecule has 0 radical (unpaired) electrons. The second-order valence-corrected chi connectivity index (χ2v) is 9.85. The van der Waals surface area contributed by atoms with Crippen LogP contribution in [0.2, 0.25) is 0 Å². The van der Waals surface area contributed by atoms with Crippen molar-refractivity contribution < 1.29 is 0 Å². The highest BCUT2D eigenvalue weighted by molar-refractivity contribution is 8.06. The van der Waals surface area contributed by atoms with Gasteiger partial charge in [-0.1, -0.05) is 41.5 Å². The first-order chi connectivity index (χ1) is 9.39. The van der Waals surface area contributed by atoms with E-state index in [0.717, 1.165) is 0 Å². The van der Waals surface area contributed by atoms with E-state index in [0.29, 0.717) is 10.8 Å². The molecule has 1 aliphatic heterocycles. The van der Waals surface area contributed by atoms with E-state index in [9.17, 15) is 0 Å². The van der Waals surface area contributed by atoms with Gasteiger partial charge in [0.1, 0.15) is 0 Å². The van der Waals surface area contributed by atoms with Crippen LogP contribution in [-0.2, 0) is 10.8 Å². The van der Waals surface area contributed by atoms with Crippen molar-refractivity contribution in [3.63, 3.8) is 0 Å². The van der Waals surface area contributed by atoms with Crippen LogP contribution in [-0.4, -0.2) is 11.5 Å². The van der Waals surface area contributed by atoms with Crippen molar-refractivity contribution in [2.24, 2.45) is 0 Å². The number of thioether (sulfide) groups is 2. The van der Waals surface area contributed by atoms with Crippen LogP contribution < -0.4 is 0 Å². The van der Waals surface area contributed by atoms with E-state index in [2.05, 4.69) is 76.4 Å². The first-order valence-electron chi connectivity index (χ1n) is 7.83. The molecule has 2 heterocycles. The van der Waals surface area contributed by atoms with Crippen molar-refractivity contribution >= 4 is 34.9 Å². The Morgan fingerprint density at radius 3 is 1.75 bits per heavy atom. The summed E-state index contributed by atoms with van der Waals surface area (Å²) in [6, 6.07) is 0. The largest absolute Gasteiger partial charge is 0.142 e. The van der Waals surface area contributed by atoms with Gasteiger partial charge in [-0.15, -0.1) is 34.9 Å². The van der Waals surface area contributed by atoms with Crippen LogP contribution in [0.5, 0.6) is 0 Å². The standard InChI is InChI=1S/C17H28S3/c1-7-16(4,5)14-12-13(19-11-10-18-12)15(20-14)17(6,8-2)9-3/h7-11H2,1-6H3.